The summed E-state index contributed by atoms with van der Waals surface area (Å²) in [7, 11) is 0. The van der Waals surface area contributed by atoms with Gasteiger partial charge in [0.25, 0.3) is 5.91 Å². The molecule has 0 bridgehead atoms. The number of rotatable bonds is 2. The van der Waals surface area contributed by atoms with Gasteiger partial charge < -0.3 is 5.32 Å². The van der Waals surface area contributed by atoms with Gasteiger partial charge in [-0.15, -0.1) is 0 Å². The SMILES string of the molecule is CC(C)(C)c1ccc(C(=O)Nc2ccc3c(c2)CCCCC3)cc1. The van der Waals surface area contributed by atoms with Crippen LogP contribution in [0.5, 0.6) is 0 Å². The first kappa shape index (κ1) is 16.8. The number of benzene rings is 2. The first-order valence-corrected chi connectivity index (χ1v) is 8.97. The standard InChI is InChI=1S/C22H27NO/c1-22(2,3)19-12-9-17(10-13-19)21(24)23-20-14-11-16-7-5-4-6-8-18(16)15-20/h9-15H,4-8H2,1-3H3,(H,23,24). The highest BCUT2D eigenvalue weighted by molar-refractivity contribution is 6.04. The Balaban J connectivity index is 1.74. The van der Waals surface area contributed by atoms with E-state index in [2.05, 4.69) is 38.2 Å². The molecule has 2 nitrogen and oxygen atoms in total. The quantitative estimate of drug-likeness (QED) is 0.726. The fraction of sp³-hybridized carbons (Fsp3) is 0.409. The third-order valence-corrected chi connectivity index (χ3v) is 4.87. The van der Waals surface area contributed by atoms with E-state index in [-0.39, 0.29) is 11.3 Å². The molecule has 0 heterocycles. The highest BCUT2D eigenvalue weighted by Crippen LogP contribution is 2.25. The smallest absolute Gasteiger partial charge is 0.255 e. The summed E-state index contributed by atoms with van der Waals surface area (Å²) in [6.07, 6.45) is 6.12. The van der Waals surface area contributed by atoms with Gasteiger partial charge in [-0.1, -0.05) is 45.4 Å². The molecular weight excluding hydrogens is 294 g/mol. The van der Waals surface area contributed by atoms with Crippen molar-refractivity contribution in [3.8, 4) is 0 Å². The second kappa shape index (κ2) is 6.80. The summed E-state index contributed by atoms with van der Waals surface area (Å²) in [5.41, 5.74) is 5.79. The molecule has 0 unspecified atom stereocenters. The predicted octanol–water partition coefficient (Wildman–Crippen LogP) is 5.51. The zero-order valence-electron chi connectivity index (χ0n) is 15.0. The van der Waals surface area contributed by atoms with Crippen LogP contribution in [0, 0.1) is 0 Å². The van der Waals surface area contributed by atoms with Crippen LogP contribution in [0.25, 0.3) is 0 Å². The van der Waals surface area contributed by atoms with E-state index in [1.165, 1.54) is 36.0 Å². The van der Waals surface area contributed by atoms with E-state index in [1.54, 1.807) is 0 Å². The highest BCUT2D eigenvalue weighted by atomic mass is 16.1. The minimum atomic E-state index is -0.0379. The molecule has 0 saturated heterocycles. The van der Waals surface area contributed by atoms with Crippen LogP contribution in [0.3, 0.4) is 0 Å². The molecule has 1 aliphatic carbocycles. The van der Waals surface area contributed by atoms with Gasteiger partial charge in [-0.25, -0.2) is 0 Å². The lowest BCUT2D eigenvalue weighted by Crippen LogP contribution is -2.14. The van der Waals surface area contributed by atoms with Crippen molar-refractivity contribution in [1.82, 2.24) is 0 Å². The summed E-state index contributed by atoms with van der Waals surface area (Å²) in [4.78, 5) is 12.5. The maximum Gasteiger partial charge on any atom is 0.255 e. The molecule has 2 heteroatoms. The van der Waals surface area contributed by atoms with Crippen molar-refractivity contribution in [2.24, 2.45) is 0 Å². The minimum absolute atomic E-state index is 0.0379. The van der Waals surface area contributed by atoms with Gasteiger partial charge in [-0.3, -0.25) is 4.79 Å². The van der Waals surface area contributed by atoms with Crippen molar-refractivity contribution in [3.05, 3.63) is 64.7 Å². The predicted molar refractivity (Wildman–Crippen MR) is 101 cm³/mol. The Hall–Kier alpha value is -2.09. The van der Waals surface area contributed by atoms with Gasteiger partial charge in [0.15, 0.2) is 0 Å². The molecule has 126 valence electrons. The fourth-order valence-electron chi connectivity index (χ4n) is 3.31. The minimum Gasteiger partial charge on any atom is -0.322 e. The number of fused-ring (bicyclic) bond motifs is 1. The average Bonchev–Trinajstić information content (AvgIpc) is 2.79. The Labute approximate surface area is 145 Å². The lowest BCUT2D eigenvalue weighted by atomic mass is 9.87. The van der Waals surface area contributed by atoms with E-state index < -0.39 is 0 Å². The Bertz CT molecular complexity index is 723. The van der Waals surface area contributed by atoms with Crippen LogP contribution in [0.1, 0.15) is 67.1 Å². The van der Waals surface area contributed by atoms with Crippen molar-refractivity contribution in [1.29, 1.82) is 0 Å². The summed E-state index contributed by atoms with van der Waals surface area (Å²) in [5.74, 6) is -0.0379. The molecular formula is C22H27NO. The molecule has 2 aromatic carbocycles. The molecule has 1 N–H and O–H groups in total. The van der Waals surface area contributed by atoms with Crippen LogP contribution in [-0.4, -0.2) is 5.91 Å². The van der Waals surface area contributed by atoms with Gasteiger partial charge >= 0.3 is 0 Å². The van der Waals surface area contributed by atoms with E-state index >= 15 is 0 Å². The van der Waals surface area contributed by atoms with Crippen molar-refractivity contribution < 1.29 is 4.79 Å². The molecule has 0 fully saturated rings. The molecule has 24 heavy (non-hydrogen) atoms. The summed E-state index contributed by atoms with van der Waals surface area (Å²) in [6.45, 7) is 6.54. The summed E-state index contributed by atoms with van der Waals surface area (Å²) in [5, 5.41) is 3.05. The second-order valence-corrected chi connectivity index (χ2v) is 7.83. The highest BCUT2D eigenvalue weighted by Gasteiger charge is 2.15. The molecule has 2 aromatic rings. The molecule has 0 aromatic heterocycles. The van der Waals surface area contributed by atoms with Crippen LogP contribution in [0.4, 0.5) is 5.69 Å². The first-order valence-electron chi connectivity index (χ1n) is 8.97. The van der Waals surface area contributed by atoms with Crippen molar-refractivity contribution in [2.45, 2.75) is 58.3 Å². The van der Waals surface area contributed by atoms with Gasteiger partial charge in [0.2, 0.25) is 0 Å². The fourth-order valence-corrected chi connectivity index (χ4v) is 3.31. The summed E-state index contributed by atoms with van der Waals surface area (Å²) < 4.78 is 0. The summed E-state index contributed by atoms with van der Waals surface area (Å²) in [6, 6.07) is 14.3. The number of aryl methyl sites for hydroxylation is 2. The zero-order chi connectivity index (χ0) is 17.2. The number of anilines is 1. The van der Waals surface area contributed by atoms with E-state index in [0.717, 1.165) is 18.5 Å². The molecule has 1 amide bonds. The van der Waals surface area contributed by atoms with Crippen molar-refractivity contribution >= 4 is 11.6 Å². The normalized spacial score (nSPS) is 14.6. The maximum absolute atomic E-state index is 12.5. The monoisotopic (exact) mass is 321 g/mol. The number of carbonyl (C=O) groups is 1. The van der Waals surface area contributed by atoms with Gasteiger partial charge in [0, 0.05) is 11.3 Å². The Morgan fingerprint density at radius 1 is 0.875 bits per heavy atom. The zero-order valence-corrected chi connectivity index (χ0v) is 15.0. The van der Waals surface area contributed by atoms with Crippen molar-refractivity contribution in [2.75, 3.05) is 5.32 Å². The Morgan fingerprint density at radius 2 is 1.54 bits per heavy atom. The first-order chi connectivity index (χ1) is 11.4. The Morgan fingerprint density at radius 3 is 2.21 bits per heavy atom. The molecule has 1 aliphatic rings. The maximum atomic E-state index is 12.5. The van der Waals surface area contributed by atoms with Crippen LogP contribution in [0.15, 0.2) is 42.5 Å². The van der Waals surface area contributed by atoms with Crippen LogP contribution in [0.2, 0.25) is 0 Å². The lowest BCUT2D eigenvalue weighted by molar-refractivity contribution is 0.102. The topological polar surface area (TPSA) is 29.1 Å². The molecule has 0 saturated carbocycles. The molecule has 3 rings (SSSR count). The number of nitrogens with one attached hydrogen (secondary N) is 1. The second-order valence-electron chi connectivity index (χ2n) is 7.83. The molecule has 0 aliphatic heterocycles. The van der Waals surface area contributed by atoms with Crippen LogP contribution in [-0.2, 0) is 18.3 Å². The molecule has 0 radical (unpaired) electrons. The van der Waals surface area contributed by atoms with Gasteiger partial charge in [0.1, 0.15) is 0 Å². The number of carbonyl (C=O) groups excluding carboxylic acids is 1. The van der Waals surface area contributed by atoms with Crippen LogP contribution >= 0.6 is 0 Å². The largest absolute Gasteiger partial charge is 0.322 e. The van der Waals surface area contributed by atoms with E-state index in [4.69, 9.17) is 0 Å². The van der Waals surface area contributed by atoms with E-state index in [0.29, 0.717) is 5.56 Å². The van der Waals surface area contributed by atoms with E-state index in [9.17, 15) is 4.79 Å². The van der Waals surface area contributed by atoms with E-state index in [1.807, 2.05) is 30.3 Å². The van der Waals surface area contributed by atoms with Gasteiger partial charge in [0.05, 0.1) is 0 Å². The average molecular weight is 321 g/mol. The molecule has 0 spiro atoms. The third-order valence-electron chi connectivity index (χ3n) is 4.87. The summed E-state index contributed by atoms with van der Waals surface area (Å²) >= 11 is 0. The molecule has 0 atom stereocenters. The Kier molecular flexibility index (Phi) is 4.75. The number of hydrogen-bond acceptors (Lipinski definition) is 1. The number of hydrogen-bond donors (Lipinski definition) is 1. The van der Waals surface area contributed by atoms with Gasteiger partial charge in [-0.2, -0.15) is 0 Å². The van der Waals surface area contributed by atoms with Crippen LogP contribution < -0.4 is 5.32 Å². The lowest BCUT2D eigenvalue weighted by Gasteiger charge is -2.19. The third kappa shape index (κ3) is 3.87. The van der Waals surface area contributed by atoms with Gasteiger partial charge in [-0.05, 0) is 72.1 Å². The number of amides is 1. The van der Waals surface area contributed by atoms with Crippen molar-refractivity contribution in [3.63, 3.8) is 0 Å².